The van der Waals surface area contributed by atoms with Crippen LogP contribution < -0.4 is 0 Å². The largest absolute Gasteiger partial charge is 0.461 e. The summed E-state index contributed by atoms with van der Waals surface area (Å²) < 4.78 is 4.89. The molecule has 86 valence electrons. The Morgan fingerprint density at radius 2 is 2.06 bits per heavy atom. The van der Waals surface area contributed by atoms with Crippen molar-refractivity contribution in [3.05, 3.63) is 11.3 Å². The highest BCUT2D eigenvalue weighted by molar-refractivity contribution is 5.90. The minimum absolute atomic E-state index is 0.200. The van der Waals surface area contributed by atoms with Crippen LogP contribution in [0, 0.1) is 11.8 Å². The molecule has 2 rings (SSSR count). The molecule has 16 heavy (non-hydrogen) atoms. The minimum atomic E-state index is -0.484. The lowest BCUT2D eigenvalue weighted by molar-refractivity contribution is -0.138. The molecule has 0 aromatic heterocycles. The van der Waals surface area contributed by atoms with E-state index in [9.17, 15) is 9.59 Å². The van der Waals surface area contributed by atoms with Gasteiger partial charge < -0.3 is 4.74 Å². The molecule has 0 radical (unpaired) electrons. The number of isocyanates is 1. The zero-order valence-electron chi connectivity index (χ0n) is 9.36. The van der Waals surface area contributed by atoms with E-state index in [0.29, 0.717) is 18.4 Å². The third kappa shape index (κ3) is 1.93. The van der Waals surface area contributed by atoms with Gasteiger partial charge >= 0.3 is 5.97 Å². The maximum Gasteiger partial charge on any atom is 0.357 e. The van der Waals surface area contributed by atoms with E-state index in [0.717, 1.165) is 18.4 Å². The molecule has 0 aromatic rings. The molecule has 2 atom stereocenters. The van der Waals surface area contributed by atoms with Gasteiger partial charge in [-0.2, -0.15) is 4.99 Å². The Hall–Kier alpha value is -1.41. The fraction of sp³-hybridized carbons (Fsp3) is 0.667. The molecule has 0 heterocycles. The topological polar surface area (TPSA) is 55.7 Å². The van der Waals surface area contributed by atoms with Crippen molar-refractivity contribution in [1.82, 2.24) is 0 Å². The van der Waals surface area contributed by atoms with Crippen molar-refractivity contribution >= 4 is 12.0 Å². The average molecular weight is 221 g/mol. The Morgan fingerprint density at radius 3 is 2.50 bits per heavy atom. The molecule has 0 spiro atoms. The first-order valence-corrected chi connectivity index (χ1v) is 5.73. The van der Waals surface area contributed by atoms with Crippen LogP contribution in [-0.2, 0) is 14.3 Å². The van der Waals surface area contributed by atoms with E-state index in [2.05, 4.69) is 4.99 Å². The Kier molecular flexibility index (Phi) is 3.20. The van der Waals surface area contributed by atoms with Gasteiger partial charge in [-0.1, -0.05) is 0 Å². The van der Waals surface area contributed by atoms with Crippen LogP contribution in [0.4, 0.5) is 0 Å². The molecule has 0 unspecified atom stereocenters. The summed E-state index contributed by atoms with van der Waals surface area (Å²) in [5.74, 6) is 0.907. The highest BCUT2D eigenvalue weighted by atomic mass is 16.5. The molecule has 0 saturated heterocycles. The molecule has 2 fully saturated rings. The standard InChI is InChI=1S/C12H15NO3/c1-2-16-12(15)11(13-7-14)10-5-8-3-4-9(8)6-10/h8-9H,2-6H2,1H3/t8-,9+. The van der Waals surface area contributed by atoms with Gasteiger partial charge in [0.25, 0.3) is 0 Å². The van der Waals surface area contributed by atoms with Gasteiger partial charge in [-0.05, 0) is 50.0 Å². The van der Waals surface area contributed by atoms with E-state index in [1.807, 2.05) is 0 Å². The second-order valence-corrected chi connectivity index (χ2v) is 4.38. The number of nitrogens with zero attached hydrogens (tertiary/aromatic N) is 1. The lowest BCUT2D eigenvalue weighted by Gasteiger charge is -2.28. The van der Waals surface area contributed by atoms with Crippen molar-refractivity contribution in [2.75, 3.05) is 6.61 Å². The second-order valence-electron chi connectivity index (χ2n) is 4.38. The molecule has 2 aliphatic carbocycles. The van der Waals surface area contributed by atoms with Crippen LogP contribution in [0.15, 0.2) is 16.3 Å². The van der Waals surface area contributed by atoms with E-state index >= 15 is 0 Å². The molecule has 2 aliphatic rings. The molecule has 0 amide bonds. The molecule has 0 aliphatic heterocycles. The zero-order valence-corrected chi connectivity index (χ0v) is 9.36. The molecule has 0 N–H and O–H groups in total. The summed E-state index contributed by atoms with van der Waals surface area (Å²) in [6.07, 6.45) is 5.70. The molecular weight excluding hydrogens is 206 g/mol. The predicted octanol–water partition coefficient (Wildman–Crippen LogP) is 1.96. The molecule has 4 nitrogen and oxygen atoms in total. The third-order valence-corrected chi connectivity index (χ3v) is 3.55. The predicted molar refractivity (Wildman–Crippen MR) is 57.2 cm³/mol. The van der Waals surface area contributed by atoms with Crippen molar-refractivity contribution in [2.45, 2.75) is 32.6 Å². The SMILES string of the molecule is CCOC(=O)C(N=C=O)=C1C[C@H]2CC[C@H]2C1. The van der Waals surface area contributed by atoms with E-state index in [1.54, 1.807) is 6.92 Å². The summed E-state index contributed by atoms with van der Waals surface area (Å²) in [4.78, 5) is 25.4. The van der Waals surface area contributed by atoms with Gasteiger partial charge in [-0.25, -0.2) is 9.59 Å². The molecule has 4 heteroatoms. The number of hydrogen-bond donors (Lipinski definition) is 0. The summed E-state index contributed by atoms with van der Waals surface area (Å²) in [5.41, 5.74) is 1.18. The Balaban J connectivity index is 2.20. The minimum Gasteiger partial charge on any atom is -0.461 e. The number of allylic oxidation sites excluding steroid dienone is 1. The van der Waals surface area contributed by atoms with E-state index in [1.165, 1.54) is 18.9 Å². The second kappa shape index (κ2) is 4.62. The maximum atomic E-state index is 11.6. The number of hydrogen-bond acceptors (Lipinski definition) is 4. The van der Waals surface area contributed by atoms with Gasteiger partial charge in [0.05, 0.1) is 6.61 Å². The van der Waals surface area contributed by atoms with Crippen LogP contribution >= 0.6 is 0 Å². The quantitative estimate of drug-likeness (QED) is 0.317. The summed E-state index contributed by atoms with van der Waals surface area (Å²) in [7, 11) is 0. The number of ether oxygens (including phenoxy) is 1. The summed E-state index contributed by atoms with van der Waals surface area (Å²) in [5, 5.41) is 0. The fourth-order valence-electron chi connectivity index (χ4n) is 2.60. The van der Waals surface area contributed by atoms with Crippen molar-refractivity contribution in [3.63, 3.8) is 0 Å². The zero-order chi connectivity index (χ0) is 11.5. The number of esters is 1. The highest BCUT2D eigenvalue weighted by Gasteiger charge is 2.39. The number of carbonyl (C=O) groups excluding carboxylic acids is 2. The van der Waals surface area contributed by atoms with Crippen LogP contribution in [0.25, 0.3) is 0 Å². The molecular formula is C12H15NO3. The highest BCUT2D eigenvalue weighted by Crippen LogP contribution is 2.50. The normalized spacial score (nSPS) is 29.8. The van der Waals surface area contributed by atoms with E-state index < -0.39 is 5.97 Å². The monoisotopic (exact) mass is 221 g/mol. The smallest absolute Gasteiger partial charge is 0.357 e. The summed E-state index contributed by atoms with van der Waals surface area (Å²) in [6, 6.07) is 0. The van der Waals surface area contributed by atoms with E-state index in [-0.39, 0.29) is 5.70 Å². The first-order valence-electron chi connectivity index (χ1n) is 5.73. The average Bonchev–Trinajstić information content (AvgIpc) is 2.52. The number of fused-ring (bicyclic) bond motifs is 1. The van der Waals surface area contributed by atoms with Crippen molar-refractivity contribution < 1.29 is 14.3 Å². The lowest BCUT2D eigenvalue weighted by Crippen LogP contribution is -2.18. The van der Waals surface area contributed by atoms with Crippen molar-refractivity contribution in [2.24, 2.45) is 16.8 Å². The van der Waals surface area contributed by atoms with Gasteiger partial charge in [-0.15, -0.1) is 0 Å². The number of carbonyl (C=O) groups is 1. The van der Waals surface area contributed by atoms with Crippen LogP contribution in [0.2, 0.25) is 0 Å². The van der Waals surface area contributed by atoms with E-state index in [4.69, 9.17) is 4.74 Å². The third-order valence-electron chi connectivity index (χ3n) is 3.55. The van der Waals surface area contributed by atoms with Gasteiger partial charge in [0.1, 0.15) is 0 Å². The Morgan fingerprint density at radius 1 is 1.44 bits per heavy atom. The molecule has 0 bridgehead atoms. The van der Waals surface area contributed by atoms with Gasteiger partial charge in [0.2, 0.25) is 6.08 Å². The Labute approximate surface area is 94.4 Å². The molecule has 2 saturated carbocycles. The first kappa shape index (κ1) is 11.1. The Bertz CT molecular complexity index is 366. The lowest BCUT2D eigenvalue weighted by atomic mass is 9.77. The maximum absolute atomic E-state index is 11.6. The first-order chi connectivity index (χ1) is 7.76. The van der Waals surface area contributed by atoms with Crippen LogP contribution in [-0.4, -0.2) is 18.7 Å². The van der Waals surface area contributed by atoms with Crippen LogP contribution in [0.5, 0.6) is 0 Å². The van der Waals surface area contributed by atoms with Crippen molar-refractivity contribution in [3.8, 4) is 0 Å². The van der Waals surface area contributed by atoms with Gasteiger partial charge in [0, 0.05) is 0 Å². The van der Waals surface area contributed by atoms with Gasteiger partial charge in [0.15, 0.2) is 5.70 Å². The van der Waals surface area contributed by atoms with Gasteiger partial charge in [-0.3, -0.25) is 0 Å². The van der Waals surface area contributed by atoms with Crippen molar-refractivity contribution in [1.29, 1.82) is 0 Å². The summed E-state index contributed by atoms with van der Waals surface area (Å²) >= 11 is 0. The number of rotatable bonds is 3. The van der Waals surface area contributed by atoms with Crippen LogP contribution in [0.3, 0.4) is 0 Å². The summed E-state index contributed by atoms with van der Waals surface area (Å²) in [6.45, 7) is 2.04. The van der Waals surface area contributed by atoms with Crippen LogP contribution in [0.1, 0.15) is 32.6 Å². The number of aliphatic imine (C=N–C) groups is 1. The fourth-order valence-corrected chi connectivity index (χ4v) is 2.60. The molecule has 0 aromatic carbocycles.